The Morgan fingerprint density at radius 2 is 1.81 bits per heavy atom. The Bertz CT molecular complexity index is 1430. The number of carbonyl (C=O) groups is 2. The first kappa shape index (κ1) is 22.8. The van der Waals surface area contributed by atoms with E-state index >= 15 is 0 Å². The fourth-order valence-corrected chi connectivity index (χ4v) is 5.63. The topological polar surface area (TPSA) is 83.4 Å². The van der Waals surface area contributed by atoms with Crippen molar-refractivity contribution in [1.29, 1.82) is 0 Å². The van der Waals surface area contributed by atoms with Gasteiger partial charge in [-0.25, -0.2) is 9.37 Å². The second kappa shape index (κ2) is 9.11. The highest BCUT2D eigenvalue weighted by atomic mass is 32.1. The zero-order chi connectivity index (χ0) is 24.8. The molecule has 1 N–H and O–H groups in total. The Labute approximate surface area is 211 Å². The van der Waals surface area contributed by atoms with Crippen LogP contribution in [0.1, 0.15) is 26.6 Å². The minimum atomic E-state index is -0.299. The smallest absolute Gasteiger partial charge is 0.282 e. The molecule has 0 radical (unpaired) electrons. The van der Waals surface area contributed by atoms with Crippen molar-refractivity contribution in [3.8, 4) is 11.3 Å². The van der Waals surface area contributed by atoms with Crippen LogP contribution in [0, 0.1) is 5.82 Å². The average Bonchev–Trinajstić information content (AvgIpc) is 3.62. The first-order valence-electron chi connectivity index (χ1n) is 11.9. The van der Waals surface area contributed by atoms with Gasteiger partial charge >= 0.3 is 0 Å². The number of likely N-dealkylation sites (tertiary alicyclic amines) is 2. The molecule has 6 rings (SSSR count). The van der Waals surface area contributed by atoms with E-state index in [1.165, 1.54) is 23.5 Å². The standard InChI is InChI=1S/C26H25FN6O2S/c1-31-22-7-4-17(12-21(22)23(30-31)16-2-5-18(27)6-3-16)25(34)33-14-20(15-33)29-19-8-10-32(13-19)26(35)24-28-9-11-36-24/h2-7,9,11-12,19-20,29H,8,10,13-15H2,1H3. The molecule has 2 saturated heterocycles. The number of nitrogens with zero attached hydrogens (tertiary/aromatic N) is 5. The minimum Gasteiger partial charge on any atom is -0.335 e. The lowest BCUT2D eigenvalue weighted by Gasteiger charge is -2.41. The summed E-state index contributed by atoms with van der Waals surface area (Å²) in [7, 11) is 1.86. The number of amides is 2. The molecule has 8 nitrogen and oxygen atoms in total. The Morgan fingerprint density at radius 3 is 2.56 bits per heavy atom. The number of fused-ring (bicyclic) bond motifs is 1. The van der Waals surface area contributed by atoms with Gasteiger partial charge in [0.1, 0.15) is 11.5 Å². The van der Waals surface area contributed by atoms with Crippen LogP contribution >= 0.6 is 11.3 Å². The summed E-state index contributed by atoms with van der Waals surface area (Å²) in [5, 5.41) is 11.4. The van der Waals surface area contributed by atoms with Crippen molar-refractivity contribution >= 4 is 34.1 Å². The van der Waals surface area contributed by atoms with Crippen molar-refractivity contribution in [2.24, 2.45) is 7.05 Å². The summed E-state index contributed by atoms with van der Waals surface area (Å²) in [4.78, 5) is 33.5. The van der Waals surface area contributed by atoms with Crippen molar-refractivity contribution in [3.05, 3.63) is 70.4 Å². The molecule has 4 heterocycles. The van der Waals surface area contributed by atoms with E-state index in [0.29, 0.717) is 36.8 Å². The highest BCUT2D eigenvalue weighted by Crippen LogP contribution is 2.29. The van der Waals surface area contributed by atoms with E-state index in [9.17, 15) is 14.0 Å². The summed E-state index contributed by atoms with van der Waals surface area (Å²) in [6, 6.07) is 12.3. The van der Waals surface area contributed by atoms with Crippen LogP contribution in [0.4, 0.5) is 4.39 Å². The summed E-state index contributed by atoms with van der Waals surface area (Å²) in [5.74, 6) is -0.325. The molecule has 0 saturated carbocycles. The fourth-order valence-electron chi connectivity index (χ4n) is 5.03. The Balaban J connectivity index is 1.09. The molecule has 1 atom stereocenters. The van der Waals surface area contributed by atoms with E-state index in [4.69, 9.17) is 0 Å². The number of nitrogens with one attached hydrogen (secondary N) is 1. The van der Waals surface area contributed by atoms with Gasteiger partial charge in [0.05, 0.1) is 5.52 Å². The molecule has 4 aromatic rings. The number of thiazole rings is 1. The quantitative estimate of drug-likeness (QED) is 0.452. The van der Waals surface area contributed by atoms with Crippen molar-refractivity contribution in [1.82, 2.24) is 29.9 Å². The van der Waals surface area contributed by atoms with Gasteiger partial charge < -0.3 is 15.1 Å². The number of benzene rings is 2. The van der Waals surface area contributed by atoms with E-state index in [-0.39, 0.29) is 29.7 Å². The molecule has 2 aliphatic rings. The summed E-state index contributed by atoms with van der Waals surface area (Å²) in [6.07, 6.45) is 2.55. The lowest BCUT2D eigenvalue weighted by Crippen LogP contribution is -2.62. The van der Waals surface area contributed by atoms with Gasteiger partial charge in [-0.05, 0) is 48.9 Å². The van der Waals surface area contributed by atoms with Crippen LogP contribution in [0.3, 0.4) is 0 Å². The summed E-state index contributed by atoms with van der Waals surface area (Å²) in [5.41, 5.74) is 3.05. The van der Waals surface area contributed by atoms with E-state index in [1.54, 1.807) is 23.0 Å². The summed E-state index contributed by atoms with van der Waals surface area (Å²) < 4.78 is 15.2. The molecule has 0 aliphatic carbocycles. The molecule has 1 unspecified atom stereocenters. The molecule has 10 heteroatoms. The van der Waals surface area contributed by atoms with Gasteiger partial charge in [0.25, 0.3) is 11.8 Å². The average molecular weight is 505 g/mol. The number of halogens is 1. The number of hydrogen-bond donors (Lipinski definition) is 1. The van der Waals surface area contributed by atoms with Crippen molar-refractivity contribution in [3.63, 3.8) is 0 Å². The van der Waals surface area contributed by atoms with Gasteiger partial charge in [0, 0.05) is 73.4 Å². The summed E-state index contributed by atoms with van der Waals surface area (Å²) >= 11 is 1.36. The number of hydrogen-bond acceptors (Lipinski definition) is 6. The van der Waals surface area contributed by atoms with Crippen molar-refractivity contribution < 1.29 is 14.0 Å². The predicted octanol–water partition coefficient (Wildman–Crippen LogP) is 3.16. The molecule has 2 fully saturated rings. The zero-order valence-corrected chi connectivity index (χ0v) is 20.5. The third-order valence-electron chi connectivity index (χ3n) is 6.95. The first-order valence-corrected chi connectivity index (χ1v) is 12.8. The van der Waals surface area contributed by atoms with Crippen molar-refractivity contribution in [2.75, 3.05) is 26.2 Å². The van der Waals surface area contributed by atoms with Gasteiger partial charge in [-0.15, -0.1) is 11.3 Å². The Kier molecular flexibility index (Phi) is 5.77. The molecule has 2 aromatic carbocycles. The number of aromatic nitrogens is 3. The maximum atomic E-state index is 13.4. The minimum absolute atomic E-state index is 0.00878. The monoisotopic (exact) mass is 504 g/mol. The third kappa shape index (κ3) is 4.16. The van der Waals surface area contributed by atoms with Gasteiger partial charge in [-0.2, -0.15) is 5.10 Å². The molecule has 2 aromatic heterocycles. The maximum absolute atomic E-state index is 13.4. The van der Waals surface area contributed by atoms with E-state index in [1.807, 2.05) is 40.4 Å². The molecule has 0 spiro atoms. The third-order valence-corrected chi connectivity index (χ3v) is 7.71. The largest absolute Gasteiger partial charge is 0.335 e. The second-order valence-corrected chi connectivity index (χ2v) is 10.3. The van der Waals surface area contributed by atoms with Gasteiger partial charge in [0.15, 0.2) is 5.01 Å². The fraction of sp³-hybridized carbons (Fsp3) is 0.308. The molecule has 2 amide bonds. The number of aryl methyl sites for hydroxylation is 1. The van der Waals surface area contributed by atoms with Crippen LogP contribution in [-0.2, 0) is 7.05 Å². The molecular formula is C26H25FN6O2S. The van der Waals surface area contributed by atoms with Crippen LogP contribution in [0.25, 0.3) is 22.2 Å². The molecule has 0 bridgehead atoms. The Hall–Kier alpha value is -3.63. The van der Waals surface area contributed by atoms with Crippen LogP contribution < -0.4 is 5.32 Å². The SMILES string of the molecule is Cn1nc(-c2ccc(F)cc2)c2cc(C(=O)N3CC(NC4CCN(C(=O)c5nccs5)C4)C3)ccc21. The van der Waals surface area contributed by atoms with Crippen LogP contribution in [0.2, 0.25) is 0 Å². The lowest BCUT2D eigenvalue weighted by molar-refractivity contribution is 0.0553. The molecular weight excluding hydrogens is 479 g/mol. The van der Waals surface area contributed by atoms with Crippen LogP contribution in [0.15, 0.2) is 54.0 Å². The number of rotatable bonds is 5. The maximum Gasteiger partial charge on any atom is 0.282 e. The predicted molar refractivity (Wildman–Crippen MR) is 135 cm³/mol. The summed E-state index contributed by atoms with van der Waals surface area (Å²) in [6.45, 7) is 2.64. The van der Waals surface area contributed by atoms with Crippen molar-refractivity contribution in [2.45, 2.75) is 18.5 Å². The molecule has 2 aliphatic heterocycles. The van der Waals surface area contributed by atoms with E-state index in [0.717, 1.165) is 28.6 Å². The van der Waals surface area contributed by atoms with Crippen LogP contribution in [-0.4, -0.2) is 74.6 Å². The first-order chi connectivity index (χ1) is 17.5. The zero-order valence-electron chi connectivity index (χ0n) is 19.7. The van der Waals surface area contributed by atoms with Gasteiger partial charge in [-0.3, -0.25) is 14.3 Å². The Morgan fingerprint density at radius 1 is 1.03 bits per heavy atom. The lowest BCUT2D eigenvalue weighted by atomic mass is 10.0. The second-order valence-electron chi connectivity index (χ2n) is 9.36. The van der Waals surface area contributed by atoms with Gasteiger partial charge in [-0.1, -0.05) is 0 Å². The molecule has 36 heavy (non-hydrogen) atoms. The number of carbonyl (C=O) groups excluding carboxylic acids is 2. The highest BCUT2D eigenvalue weighted by molar-refractivity contribution is 7.11. The normalized spacial score (nSPS) is 18.1. The van der Waals surface area contributed by atoms with Gasteiger partial charge in [0.2, 0.25) is 0 Å². The van der Waals surface area contributed by atoms with E-state index in [2.05, 4.69) is 15.4 Å². The van der Waals surface area contributed by atoms with Crippen LogP contribution in [0.5, 0.6) is 0 Å². The van der Waals surface area contributed by atoms with E-state index < -0.39 is 0 Å². The highest BCUT2D eigenvalue weighted by Gasteiger charge is 2.35. The molecule has 184 valence electrons.